The monoisotopic (exact) mass is 644 g/mol. The van der Waals surface area contributed by atoms with E-state index in [0.717, 1.165) is 63.4 Å². The third-order valence-corrected chi connectivity index (χ3v) is 12.5. The molecule has 4 N–H and O–H groups in total. The summed E-state index contributed by atoms with van der Waals surface area (Å²) in [6, 6.07) is 7.69. The Morgan fingerprint density at radius 1 is 0.889 bits per heavy atom. The molecule has 0 spiro atoms. The van der Waals surface area contributed by atoms with E-state index in [9.17, 15) is 28.2 Å². The van der Waals surface area contributed by atoms with Gasteiger partial charge in [-0.15, -0.1) is 12.3 Å². The molecule has 0 heterocycles. The van der Waals surface area contributed by atoms with E-state index in [1.165, 1.54) is 6.42 Å². The highest BCUT2D eigenvalue weighted by Crippen LogP contribution is 2.30. The van der Waals surface area contributed by atoms with Gasteiger partial charge in [-0.25, -0.2) is 8.42 Å². The van der Waals surface area contributed by atoms with E-state index in [0.29, 0.717) is 18.8 Å². The lowest BCUT2D eigenvalue weighted by Crippen LogP contribution is -2.56. The number of amides is 2. The molecule has 2 aliphatic carbocycles. The van der Waals surface area contributed by atoms with Crippen molar-refractivity contribution in [3.8, 4) is 12.3 Å². The number of hydrogen-bond donors (Lipinski definition) is 4. The Hall–Kier alpha value is -2.41. The maximum absolute atomic E-state index is 14.0. The van der Waals surface area contributed by atoms with Gasteiger partial charge in [0, 0.05) is 6.42 Å². The predicted octanol–water partition coefficient (Wildman–Crippen LogP) is 4.71. The van der Waals surface area contributed by atoms with Crippen molar-refractivity contribution in [1.29, 1.82) is 0 Å². The van der Waals surface area contributed by atoms with E-state index in [-0.39, 0.29) is 24.5 Å². The Kier molecular flexibility index (Phi) is 14.4. The lowest BCUT2D eigenvalue weighted by Gasteiger charge is -2.34. The molecule has 0 bridgehead atoms. The van der Waals surface area contributed by atoms with Crippen LogP contribution in [-0.2, 0) is 25.8 Å². The van der Waals surface area contributed by atoms with E-state index in [1.54, 1.807) is 20.8 Å². The van der Waals surface area contributed by atoms with Crippen LogP contribution < -0.4 is 10.6 Å². The van der Waals surface area contributed by atoms with Crippen molar-refractivity contribution in [3.05, 3.63) is 35.9 Å². The van der Waals surface area contributed by atoms with E-state index in [2.05, 4.69) is 16.6 Å². The fourth-order valence-corrected chi connectivity index (χ4v) is 8.08. The van der Waals surface area contributed by atoms with Gasteiger partial charge in [0.2, 0.25) is 11.8 Å². The zero-order valence-electron chi connectivity index (χ0n) is 27.5. The molecule has 2 saturated carbocycles. The van der Waals surface area contributed by atoms with Gasteiger partial charge in [0.1, 0.15) is 12.1 Å². The second kappa shape index (κ2) is 17.5. The fraction of sp³-hybridized carbons (Fsp3) is 0.722. The smallest absolute Gasteiger partial charge is 0.242 e. The molecule has 3 rings (SSSR count). The van der Waals surface area contributed by atoms with E-state index >= 15 is 0 Å². The highest BCUT2D eigenvalue weighted by atomic mass is 32.2. The molecule has 0 unspecified atom stereocenters. The van der Waals surface area contributed by atoms with Crippen LogP contribution in [0.2, 0.25) is 0 Å². The van der Waals surface area contributed by atoms with E-state index < -0.39 is 56.6 Å². The molecular weight excluding hydrogens is 588 g/mol. The van der Waals surface area contributed by atoms with Crippen molar-refractivity contribution in [2.45, 2.75) is 140 Å². The van der Waals surface area contributed by atoms with Gasteiger partial charge in [-0.05, 0) is 57.4 Å². The van der Waals surface area contributed by atoms with Crippen molar-refractivity contribution < 1.29 is 28.2 Å². The van der Waals surface area contributed by atoms with Crippen LogP contribution in [0.15, 0.2) is 30.3 Å². The normalized spacial score (nSPS) is 20.3. The Morgan fingerprint density at radius 3 is 1.98 bits per heavy atom. The largest absolute Gasteiger partial charge is 0.389 e. The van der Waals surface area contributed by atoms with E-state index in [4.69, 9.17) is 6.42 Å². The van der Waals surface area contributed by atoms with Crippen LogP contribution in [0.5, 0.6) is 0 Å². The molecule has 1 aromatic rings. The van der Waals surface area contributed by atoms with Gasteiger partial charge in [-0.1, -0.05) is 94.5 Å². The Labute approximate surface area is 271 Å². The van der Waals surface area contributed by atoms with Gasteiger partial charge in [-0.3, -0.25) is 9.59 Å². The van der Waals surface area contributed by atoms with Crippen molar-refractivity contribution >= 4 is 21.7 Å². The predicted molar refractivity (Wildman–Crippen MR) is 179 cm³/mol. The quantitative estimate of drug-likeness (QED) is 0.205. The molecule has 45 heavy (non-hydrogen) atoms. The minimum absolute atomic E-state index is 0.0378. The number of sulfone groups is 1. The topological polar surface area (TPSA) is 133 Å². The molecule has 5 atom stereocenters. The summed E-state index contributed by atoms with van der Waals surface area (Å²) < 4.78 is 25.6. The van der Waals surface area contributed by atoms with Gasteiger partial charge in [0.15, 0.2) is 9.84 Å². The summed E-state index contributed by atoms with van der Waals surface area (Å²) in [5.74, 6) is 0.830. The highest BCUT2D eigenvalue weighted by Gasteiger charge is 2.37. The first-order chi connectivity index (χ1) is 21.3. The van der Waals surface area contributed by atoms with Gasteiger partial charge in [-0.2, -0.15) is 0 Å². The molecule has 252 valence electrons. The molecule has 1 aromatic carbocycles. The third kappa shape index (κ3) is 11.7. The molecule has 2 fully saturated rings. The first-order valence-corrected chi connectivity index (χ1v) is 18.6. The summed E-state index contributed by atoms with van der Waals surface area (Å²) in [6.45, 7) is 4.89. The van der Waals surface area contributed by atoms with Crippen LogP contribution in [0, 0.1) is 30.1 Å². The second-order valence-corrected chi connectivity index (χ2v) is 17.2. The van der Waals surface area contributed by atoms with Gasteiger partial charge in [0.05, 0.1) is 28.6 Å². The minimum atomic E-state index is -3.65. The van der Waals surface area contributed by atoms with Crippen LogP contribution in [0.4, 0.5) is 0 Å². The average Bonchev–Trinajstić information content (AvgIpc) is 3.00. The maximum atomic E-state index is 14.0. The fourth-order valence-electron chi connectivity index (χ4n) is 6.78. The number of rotatable bonds is 15. The molecule has 0 saturated heterocycles. The number of carbonyl (C=O) groups is 2. The van der Waals surface area contributed by atoms with Crippen molar-refractivity contribution in [3.63, 3.8) is 0 Å². The first kappa shape index (κ1) is 37.1. The zero-order valence-corrected chi connectivity index (χ0v) is 28.4. The molecule has 8 nitrogen and oxygen atoms in total. The molecule has 0 aromatic heterocycles. The molecule has 2 aliphatic rings. The lowest BCUT2D eigenvalue weighted by atomic mass is 9.82. The minimum Gasteiger partial charge on any atom is -0.389 e. The summed E-state index contributed by atoms with van der Waals surface area (Å²) in [7, 11) is -3.65. The standard InChI is InChI=1S/C36H56N2O6S/c1-5-15-32(39)33(40)30(23-27-18-11-7-12-19-27)37-35(42)31(24-28-20-13-8-14-21-28)38-34(41)29(22-26-16-9-6-10-17-26)25-45(43,44)36(2,3)4/h1,6,9-10,16-17,27-33,39-40H,7-8,11-15,18-25H2,2-4H3,(H,37,42)(H,38,41)/t29-,30-,31+,32-,33+/m0/s1. The lowest BCUT2D eigenvalue weighted by molar-refractivity contribution is -0.132. The number of nitrogens with one attached hydrogen (secondary N) is 2. The number of aliphatic hydroxyl groups is 2. The van der Waals surface area contributed by atoms with Crippen LogP contribution in [0.1, 0.15) is 110 Å². The maximum Gasteiger partial charge on any atom is 0.242 e. The summed E-state index contributed by atoms with van der Waals surface area (Å²) in [5.41, 5.74) is 0.841. The third-order valence-electron chi connectivity index (χ3n) is 9.75. The molecule has 0 aliphatic heterocycles. The zero-order chi connectivity index (χ0) is 33.0. The van der Waals surface area contributed by atoms with Crippen molar-refractivity contribution in [2.75, 3.05) is 5.75 Å². The molecule has 0 radical (unpaired) electrons. The van der Waals surface area contributed by atoms with Gasteiger partial charge >= 0.3 is 0 Å². The van der Waals surface area contributed by atoms with Crippen LogP contribution in [-0.4, -0.2) is 65.2 Å². The van der Waals surface area contributed by atoms with Crippen LogP contribution >= 0.6 is 0 Å². The van der Waals surface area contributed by atoms with Gasteiger partial charge in [0.25, 0.3) is 0 Å². The Morgan fingerprint density at radius 2 is 1.44 bits per heavy atom. The number of terminal acetylenes is 1. The van der Waals surface area contributed by atoms with Crippen molar-refractivity contribution in [1.82, 2.24) is 10.6 Å². The SMILES string of the molecule is C#CC[C@H](O)[C@H](O)[C@H](CC1CCCCC1)NC(=O)[C@@H](CC1CCCCC1)NC(=O)[C@@H](Cc1ccccc1)CS(=O)(=O)C(C)(C)C. The molecular formula is C36H56N2O6S. The highest BCUT2D eigenvalue weighted by molar-refractivity contribution is 7.92. The summed E-state index contributed by atoms with van der Waals surface area (Å²) in [5, 5.41) is 27.7. The van der Waals surface area contributed by atoms with Crippen LogP contribution in [0.3, 0.4) is 0 Å². The molecule has 2 amide bonds. The first-order valence-electron chi connectivity index (χ1n) is 17.0. The summed E-state index contributed by atoms with van der Waals surface area (Å²) in [4.78, 5) is 28.0. The average molecular weight is 645 g/mol. The Balaban J connectivity index is 1.87. The summed E-state index contributed by atoms with van der Waals surface area (Å²) in [6.07, 6.45) is 14.6. The number of aliphatic hydroxyl groups excluding tert-OH is 2. The Bertz CT molecular complexity index is 1210. The number of benzene rings is 1. The summed E-state index contributed by atoms with van der Waals surface area (Å²) >= 11 is 0. The number of hydrogen-bond acceptors (Lipinski definition) is 6. The second-order valence-electron chi connectivity index (χ2n) is 14.4. The van der Waals surface area contributed by atoms with E-state index in [1.807, 2.05) is 30.3 Å². The van der Waals surface area contributed by atoms with Crippen molar-refractivity contribution in [2.24, 2.45) is 17.8 Å². The van der Waals surface area contributed by atoms with Gasteiger partial charge < -0.3 is 20.8 Å². The molecule has 9 heteroatoms. The van der Waals surface area contributed by atoms with Crippen LogP contribution in [0.25, 0.3) is 0 Å². The number of carbonyl (C=O) groups excluding carboxylic acids is 2.